The minimum Gasteiger partial charge on any atom is -0.502 e. The molecule has 0 radical (unpaired) electrons. The van der Waals surface area contributed by atoms with Crippen molar-refractivity contribution in [3.8, 4) is 11.5 Å². The molecule has 3 aromatic rings. The lowest BCUT2D eigenvalue weighted by Crippen LogP contribution is -2.17. The molecule has 160 valence electrons. The quantitative estimate of drug-likeness (QED) is 0.618. The first-order chi connectivity index (χ1) is 14.5. The van der Waals surface area contributed by atoms with E-state index in [9.17, 15) is 9.59 Å². The van der Waals surface area contributed by atoms with Crippen LogP contribution in [0.2, 0.25) is 0 Å². The molecule has 2 aromatic heterocycles. The number of aromatic nitrogens is 1. The van der Waals surface area contributed by atoms with Crippen LogP contribution >= 0.6 is 0 Å². The number of aliphatic hydroxyl groups is 1. The van der Waals surface area contributed by atoms with Crippen LogP contribution < -0.4 is 15.6 Å². The summed E-state index contributed by atoms with van der Waals surface area (Å²) in [4.78, 5) is 22.7. The molecule has 1 aromatic carbocycles. The van der Waals surface area contributed by atoms with E-state index >= 15 is 0 Å². The molecular weight excluding hydrogens is 386 g/mol. The Morgan fingerprint density at radius 2 is 1.73 bits per heavy atom. The lowest BCUT2D eigenvalue weighted by molar-refractivity contribution is 0.267. The van der Waals surface area contributed by atoms with Crippen LogP contribution in [-0.2, 0) is 26.0 Å². The van der Waals surface area contributed by atoms with Crippen molar-refractivity contribution in [2.24, 2.45) is 0 Å². The summed E-state index contributed by atoms with van der Waals surface area (Å²) in [6, 6.07) is 12.4. The lowest BCUT2D eigenvalue weighted by atomic mass is 10.2. The van der Waals surface area contributed by atoms with E-state index in [-0.39, 0.29) is 23.2 Å². The largest absolute Gasteiger partial charge is 0.502 e. The predicted octanol–water partition coefficient (Wildman–Crippen LogP) is 2.89. The number of aryl methyl sites for hydroxylation is 1. The van der Waals surface area contributed by atoms with Gasteiger partial charge in [-0.1, -0.05) is 44.2 Å². The average molecular weight is 413 g/mol. The Morgan fingerprint density at radius 1 is 1.00 bits per heavy atom. The van der Waals surface area contributed by atoms with Gasteiger partial charge < -0.3 is 23.9 Å². The summed E-state index contributed by atoms with van der Waals surface area (Å²) in [5.41, 5.74) is 1.34. The number of benzene rings is 1. The van der Waals surface area contributed by atoms with E-state index in [4.69, 9.17) is 19.4 Å². The highest BCUT2D eigenvalue weighted by molar-refractivity contribution is 5.29. The molecule has 2 N–H and O–H groups in total. The summed E-state index contributed by atoms with van der Waals surface area (Å²) in [5.74, 6) is 0.449. The van der Waals surface area contributed by atoms with Gasteiger partial charge in [-0.25, -0.2) is 0 Å². The van der Waals surface area contributed by atoms with E-state index in [0.29, 0.717) is 37.5 Å². The van der Waals surface area contributed by atoms with Gasteiger partial charge in [0, 0.05) is 31.3 Å². The minimum absolute atomic E-state index is 0.0357. The highest BCUT2D eigenvalue weighted by Gasteiger charge is 2.11. The van der Waals surface area contributed by atoms with E-state index in [2.05, 4.69) is 0 Å². The molecule has 0 aliphatic rings. The molecule has 0 spiro atoms. The molecule has 0 bridgehead atoms. The first-order valence-corrected chi connectivity index (χ1v) is 9.81. The van der Waals surface area contributed by atoms with Gasteiger partial charge in [-0.3, -0.25) is 9.59 Å². The van der Waals surface area contributed by atoms with Crippen molar-refractivity contribution in [1.29, 1.82) is 0 Å². The highest BCUT2D eigenvalue weighted by Crippen LogP contribution is 2.16. The number of nitrogens with zero attached hydrogens (tertiary/aromatic N) is 1. The summed E-state index contributed by atoms with van der Waals surface area (Å²) in [5, 5.41) is 18.1. The fourth-order valence-electron chi connectivity index (χ4n) is 2.86. The molecule has 2 heterocycles. The van der Waals surface area contributed by atoms with Gasteiger partial charge in [-0.2, -0.15) is 0 Å². The summed E-state index contributed by atoms with van der Waals surface area (Å²) >= 11 is 0. The maximum atomic E-state index is 12.0. The average Bonchev–Trinajstić information content (AvgIpc) is 2.77. The monoisotopic (exact) mass is 413 g/mol. The second-order valence-electron chi connectivity index (χ2n) is 6.41. The molecule has 0 amide bonds. The third-order valence-corrected chi connectivity index (χ3v) is 4.39. The van der Waals surface area contributed by atoms with E-state index < -0.39 is 0 Å². The number of rotatable bonds is 7. The third kappa shape index (κ3) is 6.09. The molecule has 0 aliphatic heterocycles. The lowest BCUT2D eigenvalue weighted by Gasteiger charge is -2.15. The van der Waals surface area contributed by atoms with Crippen molar-refractivity contribution in [2.45, 2.75) is 39.8 Å². The highest BCUT2D eigenvalue weighted by atomic mass is 16.5. The summed E-state index contributed by atoms with van der Waals surface area (Å²) in [6.07, 6.45) is 4.19. The Labute approximate surface area is 174 Å². The smallest absolute Gasteiger partial charge is 0.226 e. The SMILES string of the molecule is CCc1c(OCc2ccccc2)c(=O)ccn1CCO.CCc1occc(=O)c1O. The number of aliphatic hydroxyl groups excluding tert-OH is 1. The molecule has 0 aliphatic carbocycles. The molecule has 0 atom stereocenters. The number of aromatic hydroxyl groups is 1. The Bertz CT molecular complexity index is 1040. The molecule has 3 rings (SSSR count). The van der Waals surface area contributed by atoms with Crippen LogP contribution in [-0.4, -0.2) is 21.4 Å². The van der Waals surface area contributed by atoms with Gasteiger partial charge in [0.15, 0.2) is 5.75 Å². The van der Waals surface area contributed by atoms with Crippen LogP contribution in [0.3, 0.4) is 0 Å². The van der Waals surface area contributed by atoms with Gasteiger partial charge in [0.25, 0.3) is 0 Å². The van der Waals surface area contributed by atoms with Gasteiger partial charge >= 0.3 is 0 Å². The van der Waals surface area contributed by atoms with Crippen LogP contribution in [0.15, 0.2) is 68.9 Å². The molecule has 30 heavy (non-hydrogen) atoms. The van der Waals surface area contributed by atoms with E-state index in [0.717, 1.165) is 11.3 Å². The van der Waals surface area contributed by atoms with Crippen LogP contribution in [0.4, 0.5) is 0 Å². The molecule has 0 unspecified atom stereocenters. The van der Waals surface area contributed by atoms with Crippen molar-refractivity contribution >= 4 is 0 Å². The summed E-state index contributed by atoms with van der Waals surface area (Å²) in [6.45, 7) is 4.64. The van der Waals surface area contributed by atoms with Gasteiger partial charge in [0.1, 0.15) is 12.4 Å². The maximum Gasteiger partial charge on any atom is 0.226 e. The van der Waals surface area contributed by atoms with Gasteiger partial charge in [0.2, 0.25) is 16.6 Å². The van der Waals surface area contributed by atoms with Crippen molar-refractivity contribution in [1.82, 2.24) is 4.57 Å². The molecule has 7 nitrogen and oxygen atoms in total. The Hall–Kier alpha value is -3.32. The zero-order valence-electron chi connectivity index (χ0n) is 17.2. The van der Waals surface area contributed by atoms with E-state index in [1.165, 1.54) is 18.4 Å². The number of hydrogen-bond acceptors (Lipinski definition) is 6. The third-order valence-electron chi connectivity index (χ3n) is 4.39. The number of pyridine rings is 1. The molecule has 0 fully saturated rings. The van der Waals surface area contributed by atoms with Crippen LogP contribution in [0, 0.1) is 0 Å². The Morgan fingerprint density at radius 3 is 2.33 bits per heavy atom. The fourth-order valence-corrected chi connectivity index (χ4v) is 2.86. The molecule has 0 saturated carbocycles. The minimum atomic E-state index is -0.386. The zero-order chi connectivity index (χ0) is 21.9. The first-order valence-electron chi connectivity index (χ1n) is 9.81. The summed E-state index contributed by atoms with van der Waals surface area (Å²) < 4.78 is 12.4. The molecule has 0 saturated heterocycles. The van der Waals surface area contributed by atoms with Crippen LogP contribution in [0.25, 0.3) is 0 Å². The topological polar surface area (TPSA) is 102 Å². The Kier molecular flexibility index (Phi) is 8.90. The second-order valence-corrected chi connectivity index (χ2v) is 6.41. The first kappa shape index (κ1) is 23.0. The predicted molar refractivity (Wildman–Crippen MR) is 114 cm³/mol. The van der Waals surface area contributed by atoms with Crippen molar-refractivity contribution in [3.63, 3.8) is 0 Å². The van der Waals surface area contributed by atoms with Gasteiger partial charge in [0.05, 0.1) is 18.6 Å². The normalized spacial score (nSPS) is 10.2. The van der Waals surface area contributed by atoms with Crippen LogP contribution in [0.1, 0.15) is 30.9 Å². The number of ether oxygens (including phenoxy) is 1. The van der Waals surface area contributed by atoms with Crippen molar-refractivity contribution in [3.05, 3.63) is 92.4 Å². The summed E-state index contributed by atoms with van der Waals surface area (Å²) in [7, 11) is 0. The molecule has 7 heteroatoms. The zero-order valence-corrected chi connectivity index (χ0v) is 17.2. The fraction of sp³-hybridized carbons (Fsp3) is 0.304. The maximum absolute atomic E-state index is 12.0. The number of hydrogen-bond donors (Lipinski definition) is 2. The van der Waals surface area contributed by atoms with Gasteiger partial charge in [-0.15, -0.1) is 0 Å². The van der Waals surface area contributed by atoms with E-state index in [1.54, 1.807) is 13.1 Å². The molecular formula is C23H27NO6. The van der Waals surface area contributed by atoms with Gasteiger partial charge in [-0.05, 0) is 12.0 Å². The van der Waals surface area contributed by atoms with Crippen LogP contribution in [0.5, 0.6) is 11.5 Å². The van der Waals surface area contributed by atoms with E-state index in [1.807, 2.05) is 41.8 Å². The standard InChI is InChI=1S/C16H19NO3.C7H8O3/c1-2-14-16(15(19)8-9-17(14)10-11-18)20-12-13-6-4-3-5-7-13;1-2-6-7(9)5(8)3-4-10-6/h3-9,18H,2,10-12H2,1H3;3-4,9H,2H2,1H3. The van der Waals surface area contributed by atoms with Crippen molar-refractivity contribution in [2.75, 3.05) is 6.61 Å². The Balaban J connectivity index is 0.000000269. The van der Waals surface area contributed by atoms with Crippen molar-refractivity contribution < 1.29 is 19.4 Å². The second kappa shape index (κ2) is 11.6.